The van der Waals surface area contributed by atoms with Crippen molar-refractivity contribution in [3.63, 3.8) is 0 Å². The van der Waals surface area contributed by atoms with Crippen LogP contribution in [0.4, 0.5) is 5.95 Å². The van der Waals surface area contributed by atoms with E-state index >= 15 is 0 Å². The molecular weight excluding hydrogens is 614 g/mol. The molecule has 0 bridgehead atoms. The van der Waals surface area contributed by atoms with E-state index in [1.165, 1.54) is 5.56 Å². The van der Waals surface area contributed by atoms with Gasteiger partial charge in [0.1, 0.15) is 11.5 Å². The van der Waals surface area contributed by atoms with Crippen molar-refractivity contribution in [1.29, 1.82) is 0 Å². The molecule has 2 aromatic carbocycles. The number of hydrogen-bond acceptors (Lipinski definition) is 10. The van der Waals surface area contributed by atoms with Gasteiger partial charge in [-0.2, -0.15) is 14.6 Å². The van der Waals surface area contributed by atoms with Crippen molar-refractivity contribution in [2.24, 2.45) is 0 Å². The first kappa shape index (κ1) is 29.5. The predicted octanol–water partition coefficient (Wildman–Crippen LogP) is 5.40. The molecule has 5 aromatic heterocycles. The molecule has 2 aliphatic rings. The number of ether oxygens (including phenoxy) is 1. The largest absolute Gasteiger partial charge is 0.378 e. The highest BCUT2D eigenvalue weighted by Gasteiger charge is 2.24. The molecule has 0 radical (unpaired) electrons. The fraction of sp³-hybridized carbons (Fsp3) is 0.270. The summed E-state index contributed by atoms with van der Waals surface area (Å²) in [5.74, 6) is 3.18. The fourth-order valence-electron chi connectivity index (χ4n) is 6.84. The topological polar surface area (TPSA) is 126 Å². The van der Waals surface area contributed by atoms with Crippen molar-refractivity contribution in [2.75, 3.05) is 44.3 Å². The summed E-state index contributed by atoms with van der Waals surface area (Å²) in [6.45, 7) is 5.75. The summed E-state index contributed by atoms with van der Waals surface area (Å²) in [7, 11) is 0. The average Bonchev–Trinajstić information content (AvgIpc) is 3.85. The van der Waals surface area contributed by atoms with Crippen LogP contribution in [0.5, 0.6) is 0 Å². The number of piperidine rings is 1. The molecular formula is C37H35N11O. The lowest BCUT2D eigenvalue weighted by molar-refractivity contribution is 0.122. The maximum absolute atomic E-state index is 5.53. The Bertz CT molecular complexity index is 2200. The number of likely N-dealkylation sites (tertiary alicyclic amines) is 1. The van der Waals surface area contributed by atoms with Gasteiger partial charge in [-0.25, -0.2) is 15.0 Å². The van der Waals surface area contributed by atoms with E-state index in [-0.39, 0.29) is 0 Å². The van der Waals surface area contributed by atoms with Crippen molar-refractivity contribution in [3.8, 4) is 33.9 Å². The quantitative estimate of drug-likeness (QED) is 0.240. The highest BCUT2D eigenvalue weighted by Crippen LogP contribution is 2.34. The predicted molar refractivity (Wildman–Crippen MR) is 187 cm³/mol. The van der Waals surface area contributed by atoms with E-state index in [9.17, 15) is 0 Å². The standard InChI is InChI=1S/C37H35N11O/c1-2-6-26(7-3-1)30-22-29-23-39-36-42-37(47-18-20-49-21-19-47)45-48(36)35(29)40-32(30)27-11-9-25(10-12-27)24-46-16-13-28(14-17-46)33-41-34(44-43-33)31-8-4-5-15-38-31/h1-12,15,22-23,28H,13-14,16-21,24H2,(H,41,43,44). The normalized spacial score (nSPS) is 16.1. The molecule has 2 saturated heterocycles. The van der Waals surface area contributed by atoms with Crippen molar-refractivity contribution in [1.82, 2.24) is 49.6 Å². The molecule has 49 heavy (non-hydrogen) atoms. The van der Waals surface area contributed by atoms with Gasteiger partial charge in [-0.05, 0) is 55.3 Å². The summed E-state index contributed by atoms with van der Waals surface area (Å²) in [4.78, 5) is 28.4. The number of morpholine rings is 1. The van der Waals surface area contributed by atoms with Crippen molar-refractivity contribution >= 4 is 22.8 Å². The molecule has 0 spiro atoms. The molecule has 0 unspecified atom stereocenters. The van der Waals surface area contributed by atoms with Crippen LogP contribution in [0, 0.1) is 0 Å². The van der Waals surface area contributed by atoms with E-state index in [1.807, 2.05) is 30.5 Å². The molecule has 9 rings (SSSR count). The highest BCUT2D eigenvalue weighted by molar-refractivity contribution is 5.90. The van der Waals surface area contributed by atoms with E-state index in [0.29, 0.717) is 36.7 Å². The lowest BCUT2D eigenvalue weighted by Crippen LogP contribution is -2.36. The van der Waals surface area contributed by atoms with E-state index < -0.39 is 0 Å². The fourth-order valence-corrected chi connectivity index (χ4v) is 6.84. The number of nitrogens with one attached hydrogen (secondary N) is 1. The van der Waals surface area contributed by atoms with Gasteiger partial charge in [-0.3, -0.25) is 15.0 Å². The summed E-state index contributed by atoms with van der Waals surface area (Å²) in [5, 5.41) is 13.4. The SMILES string of the molecule is c1ccc(-c2cc3cnc4nc(N5CCOCC5)nn4c3nc2-c2ccc(CN3CCC(c4nc(-c5ccccn5)n[nH]4)CC3)cc2)cc1. The Kier molecular flexibility index (Phi) is 7.71. The molecule has 7 aromatic rings. The zero-order valence-corrected chi connectivity index (χ0v) is 27.0. The van der Waals surface area contributed by atoms with E-state index in [1.54, 1.807) is 10.7 Å². The molecule has 0 saturated carbocycles. The van der Waals surface area contributed by atoms with Gasteiger partial charge in [0.25, 0.3) is 5.78 Å². The Morgan fingerprint density at radius 3 is 2.41 bits per heavy atom. The van der Waals surface area contributed by atoms with Crippen molar-refractivity contribution in [2.45, 2.75) is 25.3 Å². The summed E-state index contributed by atoms with van der Waals surface area (Å²) in [5.41, 5.74) is 6.91. The number of H-pyrrole nitrogens is 1. The number of hydrogen-bond donors (Lipinski definition) is 1. The molecule has 12 nitrogen and oxygen atoms in total. The first-order chi connectivity index (χ1) is 24.2. The molecule has 2 aliphatic heterocycles. The summed E-state index contributed by atoms with van der Waals surface area (Å²) < 4.78 is 7.30. The average molecular weight is 650 g/mol. The van der Waals surface area contributed by atoms with Crippen LogP contribution in [0.25, 0.3) is 50.7 Å². The molecule has 0 amide bonds. The maximum Gasteiger partial charge on any atom is 0.256 e. The second kappa shape index (κ2) is 12.8. The zero-order chi connectivity index (χ0) is 32.6. The van der Waals surface area contributed by atoms with Gasteiger partial charge in [0.05, 0.1) is 18.9 Å². The van der Waals surface area contributed by atoms with Gasteiger partial charge in [0.2, 0.25) is 5.95 Å². The third-order valence-electron chi connectivity index (χ3n) is 9.51. The number of aromatic amines is 1. The first-order valence-corrected chi connectivity index (χ1v) is 16.9. The zero-order valence-electron chi connectivity index (χ0n) is 27.0. The smallest absolute Gasteiger partial charge is 0.256 e. The summed E-state index contributed by atoms with van der Waals surface area (Å²) in [6, 6.07) is 27.2. The second-order valence-corrected chi connectivity index (χ2v) is 12.7. The molecule has 0 aliphatic carbocycles. The number of aromatic nitrogens is 9. The Morgan fingerprint density at radius 1 is 0.796 bits per heavy atom. The Morgan fingerprint density at radius 2 is 1.61 bits per heavy atom. The lowest BCUT2D eigenvalue weighted by atomic mass is 9.95. The number of pyridine rings is 2. The number of nitrogens with zero attached hydrogens (tertiary/aromatic N) is 10. The monoisotopic (exact) mass is 649 g/mol. The van der Waals surface area contributed by atoms with Crippen LogP contribution in [0.1, 0.15) is 30.1 Å². The summed E-state index contributed by atoms with van der Waals surface area (Å²) >= 11 is 0. The van der Waals surface area contributed by atoms with Crippen LogP contribution in [0.3, 0.4) is 0 Å². The molecule has 2 fully saturated rings. The minimum atomic E-state index is 0.371. The second-order valence-electron chi connectivity index (χ2n) is 12.7. The van der Waals surface area contributed by atoms with E-state index in [4.69, 9.17) is 24.8 Å². The Labute approximate surface area is 282 Å². The van der Waals surface area contributed by atoms with Crippen LogP contribution < -0.4 is 4.90 Å². The minimum Gasteiger partial charge on any atom is -0.378 e. The molecule has 12 heteroatoms. The van der Waals surface area contributed by atoms with Crippen LogP contribution >= 0.6 is 0 Å². The first-order valence-electron chi connectivity index (χ1n) is 16.9. The number of rotatable bonds is 7. The van der Waals surface area contributed by atoms with Crippen molar-refractivity contribution < 1.29 is 4.74 Å². The van der Waals surface area contributed by atoms with Gasteiger partial charge in [0.15, 0.2) is 11.5 Å². The van der Waals surface area contributed by atoms with Gasteiger partial charge in [-0.15, -0.1) is 5.10 Å². The highest BCUT2D eigenvalue weighted by atomic mass is 16.5. The number of fused-ring (bicyclic) bond motifs is 3. The molecule has 7 heterocycles. The van der Waals surface area contributed by atoms with Gasteiger partial charge in [-0.1, -0.05) is 60.7 Å². The number of benzene rings is 2. The van der Waals surface area contributed by atoms with Gasteiger partial charge < -0.3 is 9.64 Å². The van der Waals surface area contributed by atoms with E-state index in [2.05, 4.69) is 84.6 Å². The van der Waals surface area contributed by atoms with Crippen LogP contribution in [-0.4, -0.2) is 89.0 Å². The molecule has 244 valence electrons. The van der Waals surface area contributed by atoms with Crippen molar-refractivity contribution in [3.05, 3.63) is 103 Å². The lowest BCUT2D eigenvalue weighted by Gasteiger charge is -2.31. The molecule has 1 N–H and O–H groups in total. The Balaban J connectivity index is 0.960. The summed E-state index contributed by atoms with van der Waals surface area (Å²) in [6.07, 6.45) is 5.69. The van der Waals surface area contributed by atoms with Gasteiger partial charge >= 0.3 is 0 Å². The third kappa shape index (κ3) is 5.89. The van der Waals surface area contributed by atoms with Crippen LogP contribution in [-0.2, 0) is 11.3 Å². The van der Waals surface area contributed by atoms with Crippen LogP contribution in [0.15, 0.2) is 91.3 Å². The molecule has 0 atom stereocenters. The Hall–Kier alpha value is -5.59. The van der Waals surface area contributed by atoms with E-state index in [0.717, 1.165) is 90.5 Å². The van der Waals surface area contributed by atoms with Gasteiger partial charge in [0, 0.05) is 54.5 Å². The third-order valence-corrected chi connectivity index (χ3v) is 9.51. The number of anilines is 1. The maximum atomic E-state index is 5.53. The van der Waals surface area contributed by atoms with Crippen LogP contribution in [0.2, 0.25) is 0 Å². The minimum absolute atomic E-state index is 0.371.